The number of rotatable bonds is 2. The molecule has 0 unspecified atom stereocenters. The van der Waals surface area contributed by atoms with Gasteiger partial charge in [0.1, 0.15) is 11.3 Å². The lowest BCUT2D eigenvalue weighted by Gasteiger charge is -2.14. The van der Waals surface area contributed by atoms with Crippen LogP contribution in [0.1, 0.15) is 11.1 Å². The van der Waals surface area contributed by atoms with Crippen LogP contribution >= 0.6 is 15.9 Å². The summed E-state index contributed by atoms with van der Waals surface area (Å²) in [5, 5.41) is 0. The van der Waals surface area contributed by atoms with Crippen molar-refractivity contribution in [2.75, 3.05) is 5.73 Å². The van der Waals surface area contributed by atoms with Gasteiger partial charge in [-0.2, -0.15) is 13.2 Å². The van der Waals surface area contributed by atoms with Gasteiger partial charge < -0.3 is 10.5 Å². The van der Waals surface area contributed by atoms with Gasteiger partial charge in [-0.3, -0.25) is 0 Å². The van der Waals surface area contributed by atoms with Crippen molar-refractivity contribution in [2.24, 2.45) is 0 Å². The standard InChI is InChI=1S/C13H10BrF3N2O/c1-7-4-9(18)2-3-11(7)20-12-10(13(15,16)17)5-8(14)6-19-12/h2-6H,18H2,1H3. The molecule has 0 aliphatic rings. The lowest BCUT2D eigenvalue weighted by molar-refractivity contribution is -0.138. The summed E-state index contributed by atoms with van der Waals surface area (Å²) in [6.45, 7) is 1.69. The molecule has 20 heavy (non-hydrogen) atoms. The first kappa shape index (κ1) is 14.6. The third-order valence-corrected chi connectivity index (χ3v) is 2.96. The van der Waals surface area contributed by atoms with Crippen molar-refractivity contribution in [3.8, 4) is 11.6 Å². The van der Waals surface area contributed by atoms with Crippen molar-refractivity contribution in [3.63, 3.8) is 0 Å². The van der Waals surface area contributed by atoms with Gasteiger partial charge in [0.2, 0.25) is 5.88 Å². The molecule has 0 saturated heterocycles. The van der Waals surface area contributed by atoms with E-state index in [1.54, 1.807) is 19.1 Å². The summed E-state index contributed by atoms with van der Waals surface area (Å²) in [6.07, 6.45) is -3.30. The van der Waals surface area contributed by atoms with E-state index in [4.69, 9.17) is 10.5 Å². The molecule has 0 atom stereocenters. The first-order valence-corrected chi connectivity index (χ1v) is 6.33. The number of benzene rings is 1. The highest BCUT2D eigenvalue weighted by atomic mass is 79.9. The molecule has 0 fully saturated rings. The number of alkyl halides is 3. The molecule has 3 nitrogen and oxygen atoms in total. The van der Waals surface area contributed by atoms with Gasteiger partial charge in [-0.15, -0.1) is 0 Å². The van der Waals surface area contributed by atoms with Gasteiger partial charge in [0.05, 0.1) is 0 Å². The summed E-state index contributed by atoms with van der Waals surface area (Å²) in [5.74, 6) is -0.215. The molecular weight excluding hydrogens is 337 g/mol. The normalized spacial score (nSPS) is 11.4. The Morgan fingerprint density at radius 3 is 2.55 bits per heavy atom. The molecule has 1 heterocycles. The summed E-state index contributed by atoms with van der Waals surface area (Å²) < 4.78 is 44.3. The van der Waals surface area contributed by atoms with E-state index in [1.165, 1.54) is 12.3 Å². The number of hydrogen-bond acceptors (Lipinski definition) is 3. The fourth-order valence-corrected chi connectivity index (χ4v) is 1.93. The third-order valence-electron chi connectivity index (χ3n) is 2.53. The second kappa shape index (κ2) is 5.32. The topological polar surface area (TPSA) is 48.1 Å². The molecule has 1 aromatic carbocycles. The van der Waals surface area contributed by atoms with Gasteiger partial charge in [-0.1, -0.05) is 0 Å². The number of anilines is 1. The van der Waals surface area contributed by atoms with E-state index in [0.29, 0.717) is 11.3 Å². The van der Waals surface area contributed by atoms with Crippen molar-refractivity contribution in [2.45, 2.75) is 13.1 Å². The maximum atomic E-state index is 12.9. The lowest BCUT2D eigenvalue weighted by atomic mass is 10.2. The van der Waals surface area contributed by atoms with Gasteiger partial charge >= 0.3 is 6.18 Å². The second-order valence-electron chi connectivity index (χ2n) is 4.13. The van der Waals surface area contributed by atoms with Crippen LogP contribution in [0.5, 0.6) is 11.6 Å². The van der Waals surface area contributed by atoms with E-state index in [1.807, 2.05) is 0 Å². The van der Waals surface area contributed by atoms with Crippen molar-refractivity contribution < 1.29 is 17.9 Å². The number of pyridine rings is 1. The van der Waals surface area contributed by atoms with Gasteiger partial charge in [-0.05, 0) is 52.7 Å². The highest BCUT2D eigenvalue weighted by Gasteiger charge is 2.36. The number of nitrogens with two attached hydrogens (primary N) is 1. The first-order chi connectivity index (χ1) is 9.27. The molecule has 1 aromatic heterocycles. The summed E-state index contributed by atoms with van der Waals surface area (Å²) in [7, 11) is 0. The minimum absolute atomic E-state index is 0.228. The Labute approximate surface area is 121 Å². The molecule has 0 radical (unpaired) electrons. The maximum absolute atomic E-state index is 12.9. The fourth-order valence-electron chi connectivity index (χ4n) is 1.60. The van der Waals surface area contributed by atoms with E-state index in [0.717, 1.165) is 6.07 Å². The average Bonchev–Trinajstić information content (AvgIpc) is 2.33. The number of nitrogen functional groups attached to an aromatic ring is 1. The van der Waals surface area contributed by atoms with Crippen LogP contribution in [0, 0.1) is 6.92 Å². The highest BCUT2D eigenvalue weighted by Crippen LogP contribution is 2.38. The summed E-state index contributed by atoms with van der Waals surface area (Å²) in [5.41, 5.74) is 5.78. The first-order valence-electron chi connectivity index (χ1n) is 5.54. The van der Waals surface area contributed by atoms with Gasteiger partial charge in [0, 0.05) is 16.4 Å². The van der Waals surface area contributed by atoms with Crippen molar-refractivity contribution in [1.29, 1.82) is 0 Å². The number of aryl methyl sites for hydroxylation is 1. The van der Waals surface area contributed by atoms with E-state index in [9.17, 15) is 13.2 Å². The lowest BCUT2D eigenvalue weighted by Crippen LogP contribution is -2.08. The molecule has 2 rings (SSSR count). The maximum Gasteiger partial charge on any atom is 0.421 e. The Hall–Kier alpha value is -1.76. The molecule has 106 valence electrons. The molecule has 7 heteroatoms. The zero-order chi connectivity index (χ0) is 14.9. The van der Waals surface area contributed by atoms with Gasteiger partial charge in [0.15, 0.2) is 0 Å². The number of halogens is 4. The minimum atomic E-state index is -4.55. The molecule has 0 aliphatic heterocycles. The molecule has 2 aromatic rings. The molecule has 0 bridgehead atoms. The number of nitrogens with zero attached hydrogens (tertiary/aromatic N) is 1. The molecule has 0 spiro atoms. The van der Waals surface area contributed by atoms with E-state index < -0.39 is 17.6 Å². The van der Waals surface area contributed by atoms with E-state index in [-0.39, 0.29) is 10.2 Å². The Morgan fingerprint density at radius 1 is 1.25 bits per heavy atom. The SMILES string of the molecule is Cc1cc(N)ccc1Oc1ncc(Br)cc1C(F)(F)F. The minimum Gasteiger partial charge on any atom is -0.438 e. The fraction of sp³-hybridized carbons (Fsp3) is 0.154. The van der Waals surface area contributed by atoms with Crippen LogP contribution in [0.15, 0.2) is 34.9 Å². The van der Waals surface area contributed by atoms with Crippen LogP contribution in [-0.4, -0.2) is 4.98 Å². The van der Waals surface area contributed by atoms with E-state index in [2.05, 4.69) is 20.9 Å². The van der Waals surface area contributed by atoms with Crippen LogP contribution in [0.4, 0.5) is 18.9 Å². The quantitative estimate of drug-likeness (QED) is 0.811. The second-order valence-corrected chi connectivity index (χ2v) is 5.05. The third kappa shape index (κ3) is 3.22. The monoisotopic (exact) mass is 346 g/mol. The van der Waals surface area contributed by atoms with Crippen molar-refractivity contribution in [1.82, 2.24) is 4.98 Å². The van der Waals surface area contributed by atoms with Crippen molar-refractivity contribution >= 4 is 21.6 Å². The predicted molar refractivity (Wildman–Crippen MR) is 72.6 cm³/mol. The van der Waals surface area contributed by atoms with Crippen LogP contribution in [0.25, 0.3) is 0 Å². The number of hydrogen-bond donors (Lipinski definition) is 1. The molecule has 0 amide bonds. The Balaban J connectivity index is 2.43. The Bertz CT molecular complexity index is 644. The largest absolute Gasteiger partial charge is 0.438 e. The van der Waals surface area contributed by atoms with Crippen LogP contribution < -0.4 is 10.5 Å². The average molecular weight is 347 g/mol. The highest BCUT2D eigenvalue weighted by molar-refractivity contribution is 9.10. The number of ether oxygens (including phenoxy) is 1. The Kier molecular flexibility index (Phi) is 3.89. The molecule has 0 saturated carbocycles. The summed E-state index contributed by atoms with van der Waals surface area (Å²) in [4.78, 5) is 3.68. The zero-order valence-electron chi connectivity index (χ0n) is 10.3. The summed E-state index contributed by atoms with van der Waals surface area (Å²) in [6, 6.07) is 5.60. The zero-order valence-corrected chi connectivity index (χ0v) is 11.9. The van der Waals surface area contributed by atoms with Crippen LogP contribution in [0.3, 0.4) is 0 Å². The molecule has 0 aliphatic carbocycles. The Morgan fingerprint density at radius 2 is 1.95 bits per heavy atom. The predicted octanol–water partition coefficient (Wildman–Crippen LogP) is 4.55. The van der Waals surface area contributed by atoms with E-state index >= 15 is 0 Å². The van der Waals surface area contributed by atoms with Gasteiger partial charge in [-0.25, -0.2) is 4.98 Å². The molecule has 2 N–H and O–H groups in total. The van der Waals surface area contributed by atoms with Crippen molar-refractivity contribution in [3.05, 3.63) is 46.1 Å². The molecular formula is C13H10BrF3N2O. The summed E-state index contributed by atoms with van der Waals surface area (Å²) >= 11 is 2.96. The van der Waals surface area contributed by atoms with Crippen LogP contribution in [-0.2, 0) is 6.18 Å². The van der Waals surface area contributed by atoms with Crippen LogP contribution in [0.2, 0.25) is 0 Å². The van der Waals surface area contributed by atoms with Gasteiger partial charge in [0.25, 0.3) is 0 Å². The number of aromatic nitrogens is 1. The smallest absolute Gasteiger partial charge is 0.421 e.